The Morgan fingerprint density at radius 2 is 2.31 bits per heavy atom. The zero-order valence-corrected chi connectivity index (χ0v) is 10.6. The van der Waals surface area contributed by atoms with Crippen LogP contribution in [-0.4, -0.2) is 11.5 Å². The van der Waals surface area contributed by atoms with Gasteiger partial charge in [0.2, 0.25) is 0 Å². The summed E-state index contributed by atoms with van der Waals surface area (Å²) >= 11 is 1.68. The maximum Gasteiger partial charge on any atom is 0.162 e. The minimum atomic E-state index is 0.354. The molecule has 0 saturated carbocycles. The third-order valence-corrected chi connectivity index (χ3v) is 3.61. The molecule has 0 aromatic carbocycles. The second-order valence-corrected chi connectivity index (χ2v) is 4.82. The van der Waals surface area contributed by atoms with Crippen molar-refractivity contribution in [3.63, 3.8) is 0 Å². The number of nitrogens with one attached hydrogen (secondary N) is 1. The first-order valence-corrected chi connectivity index (χ1v) is 6.28. The van der Waals surface area contributed by atoms with Crippen LogP contribution in [0.25, 0.3) is 10.8 Å². The summed E-state index contributed by atoms with van der Waals surface area (Å²) in [5.74, 6) is 1.78. The summed E-state index contributed by atoms with van der Waals surface area (Å²) in [6, 6.07) is 4.28. The van der Waals surface area contributed by atoms with Crippen molar-refractivity contribution in [1.82, 2.24) is 10.3 Å². The molecule has 3 nitrogen and oxygen atoms in total. The highest BCUT2D eigenvalue weighted by Crippen LogP contribution is 2.29. The highest BCUT2D eigenvalue weighted by Gasteiger charge is 2.11. The van der Waals surface area contributed by atoms with Gasteiger partial charge in [-0.05, 0) is 32.5 Å². The predicted octanol–water partition coefficient (Wildman–Crippen LogP) is 3.38. The lowest BCUT2D eigenvalue weighted by Crippen LogP contribution is -2.16. The third-order valence-electron chi connectivity index (χ3n) is 2.41. The molecule has 86 valence electrons. The molecular weight excluding hydrogens is 220 g/mol. The Bertz CT molecular complexity index is 461. The number of aryl methyl sites for hydroxylation is 1. The molecule has 0 aliphatic heterocycles. The lowest BCUT2D eigenvalue weighted by Gasteiger charge is -2.07. The number of thiazole rings is 1. The zero-order chi connectivity index (χ0) is 11.5. The minimum absolute atomic E-state index is 0.354. The van der Waals surface area contributed by atoms with E-state index in [0.717, 1.165) is 23.1 Å². The van der Waals surface area contributed by atoms with Crippen LogP contribution < -0.4 is 5.32 Å². The Balaban J connectivity index is 2.19. The van der Waals surface area contributed by atoms with Crippen LogP contribution in [0.1, 0.15) is 30.5 Å². The van der Waals surface area contributed by atoms with Crippen molar-refractivity contribution in [3.8, 4) is 10.8 Å². The Kier molecular flexibility index (Phi) is 3.41. The van der Waals surface area contributed by atoms with Crippen LogP contribution in [0.15, 0.2) is 22.7 Å². The maximum absolute atomic E-state index is 5.55. The van der Waals surface area contributed by atoms with Crippen LogP contribution >= 0.6 is 11.3 Å². The van der Waals surface area contributed by atoms with E-state index in [1.165, 1.54) is 4.88 Å². The number of hydrogen-bond acceptors (Lipinski definition) is 4. The van der Waals surface area contributed by atoms with Gasteiger partial charge in [0.25, 0.3) is 0 Å². The van der Waals surface area contributed by atoms with Gasteiger partial charge in [-0.2, -0.15) is 0 Å². The fraction of sp³-hybridized carbons (Fsp3) is 0.417. The van der Waals surface area contributed by atoms with E-state index in [1.54, 1.807) is 11.3 Å². The third kappa shape index (κ3) is 2.33. The Labute approximate surface area is 99.5 Å². The first-order valence-electron chi connectivity index (χ1n) is 5.46. The van der Waals surface area contributed by atoms with E-state index in [0.29, 0.717) is 6.04 Å². The van der Waals surface area contributed by atoms with Gasteiger partial charge in [0.05, 0.1) is 0 Å². The van der Waals surface area contributed by atoms with Crippen LogP contribution in [0.4, 0.5) is 0 Å². The lowest BCUT2D eigenvalue weighted by atomic mass is 10.3. The molecule has 0 aliphatic rings. The molecule has 1 atom stereocenters. The summed E-state index contributed by atoms with van der Waals surface area (Å²) < 4.78 is 5.55. The van der Waals surface area contributed by atoms with Crippen molar-refractivity contribution in [2.75, 3.05) is 6.54 Å². The standard InChI is InChI=1S/C12H16N2OS/c1-4-13-9(3)11-7-14-12(16-11)10-6-5-8(2)15-10/h5-7,9,13H,4H2,1-3H3. The molecule has 1 N–H and O–H groups in total. The number of nitrogens with zero attached hydrogens (tertiary/aromatic N) is 1. The molecule has 1 unspecified atom stereocenters. The fourth-order valence-corrected chi connectivity index (χ4v) is 2.46. The molecule has 0 radical (unpaired) electrons. The monoisotopic (exact) mass is 236 g/mol. The molecular formula is C12H16N2OS. The quantitative estimate of drug-likeness (QED) is 0.884. The van der Waals surface area contributed by atoms with Gasteiger partial charge in [0, 0.05) is 17.1 Å². The largest absolute Gasteiger partial charge is 0.459 e. The van der Waals surface area contributed by atoms with Gasteiger partial charge < -0.3 is 9.73 Å². The molecule has 0 spiro atoms. The molecule has 2 rings (SSSR count). The van der Waals surface area contributed by atoms with Crippen molar-refractivity contribution in [2.24, 2.45) is 0 Å². The van der Waals surface area contributed by atoms with E-state index in [4.69, 9.17) is 4.42 Å². The second kappa shape index (κ2) is 4.80. The van der Waals surface area contributed by atoms with Crippen LogP contribution in [0.3, 0.4) is 0 Å². The molecule has 16 heavy (non-hydrogen) atoms. The highest BCUT2D eigenvalue weighted by molar-refractivity contribution is 7.15. The summed E-state index contributed by atoms with van der Waals surface area (Å²) in [6.45, 7) is 7.16. The van der Waals surface area contributed by atoms with E-state index < -0.39 is 0 Å². The summed E-state index contributed by atoms with van der Waals surface area (Å²) in [6.07, 6.45) is 1.92. The summed E-state index contributed by atoms with van der Waals surface area (Å²) in [5.41, 5.74) is 0. The highest BCUT2D eigenvalue weighted by atomic mass is 32.1. The molecule has 2 aromatic heterocycles. The number of rotatable bonds is 4. The van der Waals surface area contributed by atoms with Gasteiger partial charge in [-0.15, -0.1) is 11.3 Å². The van der Waals surface area contributed by atoms with E-state index in [9.17, 15) is 0 Å². The smallest absolute Gasteiger partial charge is 0.162 e. The van der Waals surface area contributed by atoms with Gasteiger partial charge >= 0.3 is 0 Å². The molecule has 4 heteroatoms. The van der Waals surface area contributed by atoms with Crippen molar-refractivity contribution >= 4 is 11.3 Å². The average Bonchev–Trinajstić information content (AvgIpc) is 2.85. The van der Waals surface area contributed by atoms with Crippen molar-refractivity contribution in [3.05, 3.63) is 29.0 Å². The van der Waals surface area contributed by atoms with Crippen LogP contribution in [0.2, 0.25) is 0 Å². The number of furan rings is 1. The molecule has 0 bridgehead atoms. The fourth-order valence-electron chi connectivity index (χ4n) is 1.56. The van der Waals surface area contributed by atoms with Gasteiger partial charge in [-0.3, -0.25) is 0 Å². The maximum atomic E-state index is 5.55. The van der Waals surface area contributed by atoms with Crippen LogP contribution in [0.5, 0.6) is 0 Å². The number of hydrogen-bond donors (Lipinski definition) is 1. The summed E-state index contributed by atoms with van der Waals surface area (Å²) in [5, 5.41) is 4.32. The zero-order valence-electron chi connectivity index (χ0n) is 9.78. The average molecular weight is 236 g/mol. The molecule has 0 aliphatic carbocycles. The van der Waals surface area contributed by atoms with Gasteiger partial charge in [0.15, 0.2) is 10.8 Å². The first-order chi connectivity index (χ1) is 7.70. The van der Waals surface area contributed by atoms with E-state index in [2.05, 4.69) is 24.1 Å². The summed E-state index contributed by atoms with van der Waals surface area (Å²) in [4.78, 5) is 5.63. The molecule has 0 saturated heterocycles. The number of aromatic nitrogens is 1. The topological polar surface area (TPSA) is 38.1 Å². The predicted molar refractivity (Wildman–Crippen MR) is 66.6 cm³/mol. The van der Waals surface area contributed by atoms with Crippen LogP contribution in [0, 0.1) is 6.92 Å². The van der Waals surface area contributed by atoms with E-state index >= 15 is 0 Å². The Morgan fingerprint density at radius 1 is 1.50 bits per heavy atom. The molecule has 0 fully saturated rings. The van der Waals surface area contributed by atoms with Crippen molar-refractivity contribution < 1.29 is 4.42 Å². The van der Waals surface area contributed by atoms with Gasteiger partial charge in [-0.1, -0.05) is 6.92 Å². The van der Waals surface area contributed by atoms with Gasteiger partial charge in [-0.25, -0.2) is 4.98 Å². The molecule has 2 aromatic rings. The SMILES string of the molecule is CCNC(C)c1cnc(-c2ccc(C)o2)s1. The Morgan fingerprint density at radius 3 is 2.94 bits per heavy atom. The second-order valence-electron chi connectivity index (χ2n) is 3.76. The lowest BCUT2D eigenvalue weighted by molar-refractivity contribution is 0.548. The van der Waals surface area contributed by atoms with E-state index in [-0.39, 0.29) is 0 Å². The first kappa shape index (κ1) is 11.4. The minimum Gasteiger partial charge on any atom is -0.459 e. The van der Waals surface area contributed by atoms with E-state index in [1.807, 2.05) is 25.3 Å². The van der Waals surface area contributed by atoms with Crippen molar-refractivity contribution in [2.45, 2.75) is 26.8 Å². The normalized spacial score (nSPS) is 12.9. The van der Waals surface area contributed by atoms with Crippen LogP contribution in [-0.2, 0) is 0 Å². The Hall–Kier alpha value is -1.13. The van der Waals surface area contributed by atoms with Gasteiger partial charge in [0.1, 0.15) is 5.76 Å². The summed E-state index contributed by atoms with van der Waals surface area (Å²) in [7, 11) is 0. The molecule has 2 heterocycles. The molecule has 0 amide bonds. The van der Waals surface area contributed by atoms with Crippen molar-refractivity contribution in [1.29, 1.82) is 0 Å².